The Balaban J connectivity index is 1.76. The van der Waals surface area contributed by atoms with Gasteiger partial charge in [-0.25, -0.2) is 0 Å². The van der Waals surface area contributed by atoms with Crippen molar-refractivity contribution in [1.82, 2.24) is 19.6 Å². The summed E-state index contributed by atoms with van der Waals surface area (Å²) in [6.45, 7) is 3.83. The molecule has 1 aliphatic heterocycles. The van der Waals surface area contributed by atoms with Gasteiger partial charge in [0.05, 0.1) is 13.7 Å². The first-order valence-electron chi connectivity index (χ1n) is 9.72. The Morgan fingerprint density at radius 1 is 1.22 bits per heavy atom. The third-order valence-corrected chi connectivity index (χ3v) is 5.52. The van der Waals surface area contributed by atoms with E-state index < -0.39 is 0 Å². The van der Waals surface area contributed by atoms with E-state index in [-0.39, 0.29) is 6.61 Å². The van der Waals surface area contributed by atoms with Crippen LogP contribution in [0.3, 0.4) is 0 Å². The van der Waals surface area contributed by atoms with E-state index in [1.54, 1.807) is 13.3 Å². The van der Waals surface area contributed by atoms with Crippen LogP contribution in [0, 0.1) is 5.92 Å². The van der Waals surface area contributed by atoms with E-state index in [1.807, 2.05) is 16.9 Å². The minimum atomic E-state index is 0.268. The van der Waals surface area contributed by atoms with Gasteiger partial charge in [-0.3, -0.25) is 9.58 Å². The van der Waals surface area contributed by atoms with Gasteiger partial charge < -0.3 is 14.7 Å². The molecule has 2 atom stereocenters. The number of likely N-dealkylation sites (tertiary alicyclic amines) is 1. The molecule has 6 nitrogen and oxygen atoms in total. The third kappa shape index (κ3) is 5.31. The zero-order valence-corrected chi connectivity index (χ0v) is 16.7. The van der Waals surface area contributed by atoms with Crippen molar-refractivity contribution in [2.75, 3.05) is 40.9 Å². The number of aliphatic hydroxyl groups is 1. The molecule has 0 spiro atoms. The Hall–Kier alpha value is -1.89. The zero-order chi connectivity index (χ0) is 19.2. The smallest absolute Gasteiger partial charge is 0.123 e. The predicted octanol–water partition coefficient (Wildman–Crippen LogP) is 2.07. The summed E-state index contributed by atoms with van der Waals surface area (Å²) in [6.07, 6.45) is 5.99. The van der Waals surface area contributed by atoms with Crippen molar-refractivity contribution in [1.29, 1.82) is 0 Å². The number of benzene rings is 1. The minimum Gasteiger partial charge on any atom is -0.496 e. The molecule has 0 radical (unpaired) electrons. The van der Waals surface area contributed by atoms with Crippen LogP contribution in [0.2, 0.25) is 0 Å². The molecular weight excluding hydrogens is 340 g/mol. The number of ether oxygens (including phenoxy) is 1. The van der Waals surface area contributed by atoms with E-state index in [0.717, 1.165) is 43.8 Å². The van der Waals surface area contributed by atoms with Crippen molar-refractivity contribution in [3.05, 3.63) is 47.8 Å². The van der Waals surface area contributed by atoms with Gasteiger partial charge in [-0.2, -0.15) is 5.10 Å². The highest BCUT2D eigenvalue weighted by Gasteiger charge is 2.25. The van der Waals surface area contributed by atoms with Gasteiger partial charge in [0, 0.05) is 50.2 Å². The van der Waals surface area contributed by atoms with Crippen LogP contribution in [-0.4, -0.2) is 71.6 Å². The molecule has 0 saturated carbocycles. The molecule has 3 rings (SSSR count). The topological polar surface area (TPSA) is 53.8 Å². The van der Waals surface area contributed by atoms with E-state index in [9.17, 15) is 5.11 Å². The van der Waals surface area contributed by atoms with Crippen molar-refractivity contribution in [3.8, 4) is 5.75 Å². The van der Waals surface area contributed by atoms with E-state index in [2.05, 4.69) is 47.2 Å². The van der Waals surface area contributed by atoms with Gasteiger partial charge in [0.25, 0.3) is 0 Å². The second-order valence-corrected chi connectivity index (χ2v) is 7.79. The second-order valence-electron chi connectivity index (χ2n) is 7.79. The number of methoxy groups -OCH3 is 1. The molecule has 2 aromatic rings. The number of rotatable bonds is 7. The molecule has 1 aliphatic rings. The van der Waals surface area contributed by atoms with Crippen LogP contribution in [0.25, 0.3) is 0 Å². The Kier molecular flexibility index (Phi) is 6.88. The Labute approximate surface area is 162 Å². The highest BCUT2D eigenvalue weighted by molar-refractivity contribution is 5.37. The van der Waals surface area contributed by atoms with Crippen LogP contribution < -0.4 is 4.74 Å². The normalized spacial score (nSPS) is 21.4. The zero-order valence-electron chi connectivity index (χ0n) is 16.7. The fraction of sp³-hybridized carbons (Fsp3) is 0.571. The van der Waals surface area contributed by atoms with Crippen molar-refractivity contribution in [2.45, 2.75) is 32.0 Å². The van der Waals surface area contributed by atoms with Crippen LogP contribution in [0.4, 0.5) is 0 Å². The van der Waals surface area contributed by atoms with Crippen molar-refractivity contribution in [2.24, 2.45) is 5.92 Å². The second kappa shape index (κ2) is 9.35. The van der Waals surface area contributed by atoms with Crippen LogP contribution in [0.5, 0.6) is 5.75 Å². The van der Waals surface area contributed by atoms with E-state index >= 15 is 0 Å². The van der Waals surface area contributed by atoms with Crippen LogP contribution >= 0.6 is 0 Å². The quantitative estimate of drug-likeness (QED) is 0.806. The molecule has 1 aromatic carbocycles. The summed E-state index contributed by atoms with van der Waals surface area (Å²) in [5.41, 5.74) is 2.41. The van der Waals surface area contributed by atoms with E-state index in [0.29, 0.717) is 18.5 Å². The standard InChI is InChI=1S/C21H32N4O2/c1-23(2)20-7-5-18(16-26)13-24(15-20)12-17-6-8-21(27-3)19(11-17)14-25-10-4-9-22-25/h4,6,8-11,18,20,26H,5,7,12-16H2,1-3H3/t18-,20+/m0/s1. The number of hydrogen-bond acceptors (Lipinski definition) is 5. The number of nitrogens with zero attached hydrogens (tertiary/aromatic N) is 4. The Bertz CT molecular complexity index is 702. The maximum absolute atomic E-state index is 9.71. The van der Waals surface area contributed by atoms with Crippen LogP contribution in [0.1, 0.15) is 24.0 Å². The Morgan fingerprint density at radius 2 is 2.07 bits per heavy atom. The highest BCUT2D eigenvalue weighted by atomic mass is 16.5. The molecule has 0 bridgehead atoms. The molecule has 0 unspecified atom stereocenters. The summed E-state index contributed by atoms with van der Waals surface area (Å²) < 4.78 is 7.46. The summed E-state index contributed by atoms with van der Waals surface area (Å²) in [4.78, 5) is 4.79. The summed E-state index contributed by atoms with van der Waals surface area (Å²) >= 11 is 0. The molecule has 2 heterocycles. The first-order valence-corrected chi connectivity index (χ1v) is 9.72. The van der Waals surface area contributed by atoms with Gasteiger partial charge in [0.2, 0.25) is 0 Å². The van der Waals surface area contributed by atoms with Gasteiger partial charge in [0.1, 0.15) is 5.75 Å². The first kappa shape index (κ1) is 19.9. The third-order valence-electron chi connectivity index (χ3n) is 5.52. The van der Waals surface area contributed by atoms with Gasteiger partial charge in [0.15, 0.2) is 0 Å². The minimum absolute atomic E-state index is 0.268. The molecular formula is C21H32N4O2. The molecule has 6 heteroatoms. The van der Waals surface area contributed by atoms with Gasteiger partial charge in [-0.05, 0) is 56.6 Å². The number of likely N-dealkylation sites (N-methyl/N-ethyl adjacent to an activating group) is 1. The van der Waals surface area contributed by atoms with E-state index in [4.69, 9.17) is 4.74 Å². The van der Waals surface area contributed by atoms with Crippen LogP contribution in [0.15, 0.2) is 36.7 Å². The lowest BCUT2D eigenvalue weighted by Gasteiger charge is -2.29. The fourth-order valence-corrected chi connectivity index (χ4v) is 3.93. The monoisotopic (exact) mass is 372 g/mol. The maximum atomic E-state index is 9.71. The molecule has 1 fully saturated rings. The van der Waals surface area contributed by atoms with Gasteiger partial charge in [-0.1, -0.05) is 6.07 Å². The molecule has 1 aromatic heterocycles. The Morgan fingerprint density at radius 3 is 2.74 bits per heavy atom. The number of aliphatic hydroxyl groups excluding tert-OH is 1. The van der Waals surface area contributed by atoms with Crippen LogP contribution in [-0.2, 0) is 13.1 Å². The lowest BCUT2D eigenvalue weighted by Crippen LogP contribution is -2.39. The summed E-state index contributed by atoms with van der Waals surface area (Å²) in [5, 5.41) is 14.0. The summed E-state index contributed by atoms with van der Waals surface area (Å²) in [7, 11) is 6.01. The molecule has 27 heavy (non-hydrogen) atoms. The van der Waals surface area contributed by atoms with Gasteiger partial charge in [-0.15, -0.1) is 0 Å². The number of hydrogen-bond donors (Lipinski definition) is 1. The molecule has 1 saturated heterocycles. The molecule has 1 N–H and O–H groups in total. The molecule has 0 amide bonds. The van der Waals surface area contributed by atoms with Gasteiger partial charge >= 0.3 is 0 Å². The lowest BCUT2D eigenvalue weighted by molar-refractivity contribution is 0.158. The maximum Gasteiger partial charge on any atom is 0.123 e. The lowest BCUT2D eigenvalue weighted by atomic mass is 10.0. The summed E-state index contributed by atoms with van der Waals surface area (Å²) in [6, 6.07) is 8.89. The average molecular weight is 373 g/mol. The SMILES string of the molecule is COc1ccc(CN2C[C@@H](CO)CC[C@@H](N(C)C)C2)cc1Cn1cccn1. The van der Waals surface area contributed by atoms with E-state index in [1.165, 1.54) is 5.56 Å². The summed E-state index contributed by atoms with van der Waals surface area (Å²) in [5.74, 6) is 1.25. The predicted molar refractivity (Wildman–Crippen MR) is 107 cm³/mol. The molecule has 0 aliphatic carbocycles. The van der Waals surface area contributed by atoms with Crippen molar-refractivity contribution in [3.63, 3.8) is 0 Å². The van der Waals surface area contributed by atoms with Crippen molar-refractivity contribution < 1.29 is 9.84 Å². The largest absolute Gasteiger partial charge is 0.496 e. The fourth-order valence-electron chi connectivity index (χ4n) is 3.93. The highest BCUT2D eigenvalue weighted by Crippen LogP contribution is 2.24. The first-order chi connectivity index (χ1) is 13.1. The van der Waals surface area contributed by atoms with Crippen molar-refractivity contribution >= 4 is 0 Å². The average Bonchev–Trinajstić information content (AvgIpc) is 3.07. The number of aromatic nitrogens is 2. The molecule has 148 valence electrons.